The van der Waals surface area contributed by atoms with Crippen molar-refractivity contribution in [2.24, 2.45) is 0 Å². The van der Waals surface area contributed by atoms with Crippen molar-refractivity contribution in [2.45, 2.75) is 44.4 Å². The summed E-state index contributed by atoms with van der Waals surface area (Å²) < 4.78 is 0. The van der Waals surface area contributed by atoms with Gasteiger partial charge in [-0.25, -0.2) is 0 Å². The molecule has 1 aromatic carbocycles. The van der Waals surface area contributed by atoms with Gasteiger partial charge in [0, 0.05) is 22.7 Å². The molecule has 1 aliphatic heterocycles. The van der Waals surface area contributed by atoms with Crippen LogP contribution in [0.25, 0.3) is 0 Å². The smallest absolute Gasteiger partial charge is 0.0377 e. The molecule has 1 fully saturated rings. The van der Waals surface area contributed by atoms with Crippen molar-refractivity contribution in [2.75, 3.05) is 11.1 Å². The van der Waals surface area contributed by atoms with Gasteiger partial charge in [-0.1, -0.05) is 39.0 Å². The van der Waals surface area contributed by atoms with Crippen LogP contribution in [0.3, 0.4) is 0 Å². The highest BCUT2D eigenvalue weighted by Crippen LogP contribution is 2.31. The number of para-hydroxylation sites is 1. The summed E-state index contributed by atoms with van der Waals surface area (Å²) in [5, 5.41) is 4.51. The maximum atomic E-state index is 3.70. The molecular formula is C14H21NS. The van der Waals surface area contributed by atoms with Crippen molar-refractivity contribution in [3.63, 3.8) is 0 Å². The Balaban J connectivity index is 2.09. The lowest BCUT2D eigenvalue weighted by molar-refractivity contribution is 0.742. The van der Waals surface area contributed by atoms with Gasteiger partial charge in [0.05, 0.1) is 0 Å². The highest BCUT2D eigenvalue weighted by Gasteiger charge is 2.22. The summed E-state index contributed by atoms with van der Waals surface area (Å²) in [5.74, 6) is 1.84. The Bertz CT molecular complexity index is 348. The van der Waals surface area contributed by atoms with Gasteiger partial charge >= 0.3 is 0 Å². The predicted molar refractivity (Wildman–Crippen MR) is 74.5 cm³/mol. The average Bonchev–Trinajstić information content (AvgIpc) is 2.64. The fraction of sp³-hybridized carbons (Fsp3) is 0.571. The molecule has 1 aromatic rings. The van der Waals surface area contributed by atoms with Gasteiger partial charge < -0.3 is 5.32 Å². The van der Waals surface area contributed by atoms with Crippen molar-refractivity contribution >= 4 is 17.4 Å². The molecule has 2 rings (SSSR count). The second-order valence-electron chi connectivity index (χ2n) is 4.96. The Labute approximate surface area is 103 Å². The van der Waals surface area contributed by atoms with E-state index in [9.17, 15) is 0 Å². The molecule has 0 spiro atoms. The number of thioether (sulfide) groups is 1. The Hall–Kier alpha value is -0.630. The van der Waals surface area contributed by atoms with Crippen LogP contribution in [0, 0.1) is 0 Å². The van der Waals surface area contributed by atoms with Crippen molar-refractivity contribution in [1.82, 2.24) is 0 Å². The van der Waals surface area contributed by atoms with Gasteiger partial charge in [0.2, 0.25) is 0 Å². The van der Waals surface area contributed by atoms with Crippen molar-refractivity contribution in [3.8, 4) is 0 Å². The molecule has 0 aromatic heterocycles. The lowest BCUT2D eigenvalue weighted by Gasteiger charge is -2.18. The minimum absolute atomic E-state index is 0.593. The Morgan fingerprint density at radius 2 is 2.06 bits per heavy atom. The van der Waals surface area contributed by atoms with Crippen molar-refractivity contribution in [3.05, 3.63) is 29.8 Å². The molecule has 16 heavy (non-hydrogen) atoms. The zero-order valence-electron chi connectivity index (χ0n) is 10.4. The van der Waals surface area contributed by atoms with Crippen LogP contribution in [0.1, 0.15) is 38.7 Å². The molecule has 0 saturated carbocycles. The van der Waals surface area contributed by atoms with Gasteiger partial charge in [-0.3, -0.25) is 0 Å². The van der Waals surface area contributed by atoms with Crippen LogP contribution in [0.15, 0.2) is 24.3 Å². The molecule has 1 nitrogen and oxygen atoms in total. The number of hydrogen-bond acceptors (Lipinski definition) is 2. The van der Waals surface area contributed by atoms with E-state index < -0.39 is 0 Å². The topological polar surface area (TPSA) is 12.0 Å². The first-order chi connectivity index (χ1) is 7.66. The molecule has 2 unspecified atom stereocenters. The summed E-state index contributed by atoms with van der Waals surface area (Å²) in [6.45, 7) is 6.83. The van der Waals surface area contributed by atoms with Gasteiger partial charge in [-0.2, -0.15) is 11.8 Å². The molecule has 88 valence electrons. The highest BCUT2D eigenvalue weighted by molar-refractivity contribution is 8.00. The molecule has 1 aliphatic rings. The van der Waals surface area contributed by atoms with Gasteiger partial charge in [-0.05, 0) is 24.0 Å². The Kier molecular flexibility index (Phi) is 3.80. The van der Waals surface area contributed by atoms with E-state index in [0.29, 0.717) is 12.0 Å². The third kappa shape index (κ3) is 2.73. The van der Waals surface area contributed by atoms with Crippen LogP contribution < -0.4 is 5.32 Å². The minimum atomic E-state index is 0.593. The van der Waals surface area contributed by atoms with Crippen LogP contribution in [0.5, 0.6) is 0 Å². The Morgan fingerprint density at radius 1 is 1.31 bits per heavy atom. The summed E-state index contributed by atoms with van der Waals surface area (Å²) in [5.41, 5.74) is 2.77. The van der Waals surface area contributed by atoms with Crippen LogP contribution in [-0.4, -0.2) is 17.0 Å². The van der Waals surface area contributed by atoms with E-state index in [4.69, 9.17) is 0 Å². The van der Waals surface area contributed by atoms with Crippen molar-refractivity contribution < 1.29 is 0 Å². The molecule has 1 heterocycles. The van der Waals surface area contributed by atoms with Crippen molar-refractivity contribution in [1.29, 1.82) is 0 Å². The monoisotopic (exact) mass is 235 g/mol. The van der Waals surface area contributed by atoms with Gasteiger partial charge in [-0.15, -0.1) is 0 Å². The summed E-state index contributed by atoms with van der Waals surface area (Å²) in [6, 6.07) is 9.35. The Morgan fingerprint density at radius 3 is 2.69 bits per heavy atom. The number of anilines is 1. The fourth-order valence-electron chi connectivity index (χ4n) is 2.27. The first-order valence-corrected chi connectivity index (χ1v) is 7.18. The number of rotatable bonds is 3. The summed E-state index contributed by atoms with van der Waals surface area (Å²) in [6.07, 6.45) is 1.29. The lowest BCUT2D eigenvalue weighted by atomic mass is 10.0. The van der Waals surface area contributed by atoms with Crippen LogP contribution in [0.4, 0.5) is 5.69 Å². The van der Waals surface area contributed by atoms with E-state index in [2.05, 4.69) is 62.1 Å². The van der Waals surface area contributed by atoms with E-state index in [-0.39, 0.29) is 0 Å². The molecule has 2 atom stereocenters. The zero-order chi connectivity index (χ0) is 11.5. The van der Waals surface area contributed by atoms with Crippen LogP contribution in [-0.2, 0) is 0 Å². The summed E-state index contributed by atoms with van der Waals surface area (Å²) in [7, 11) is 0. The second-order valence-corrected chi connectivity index (χ2v) is 6.43. The third-order valence-electron chi connectivity index (χ3n) is 3.14. The van der Waals surface area contributed by atoms with E-state index in [0.717, 1.165) is 5.25 Å². The molecule has 0 aliphatic carbocycles. The van der Waals surface area contributed by atoms with Crippen LogP contribution >= 0.6 is 11.8 Å². The summed E-state index contributed by atoms with van der Waals surface area (Å²) in [4.78, 5) is 0. The maximum absolute atomic E-state index is 3.70. The van der Waals surface area contributed by atoms with E-state index >= 15 is 0 Å². The number of benzene rings is 1. The maximum Gasteiger partial charge on any atom is 0.0377 e. The van der Waals surface area contributed by atoms with E-state index in [1.54, 1.807) is 0 Å². The molecule has 0 amide bonds. The lowest BCUT2D eigenvalue weighted by Crippen LogP contribution is -2.20. The zero-order valence-corrected chi connectivity index (χ0v) is 11.2. The molecule has 0 bridgehead atoms. The molecule has 0 radical (unpaired) electrons. The van der Waals surface area contributed by atoms with Gasteiger partial charge in [0.1, 0.15) is 0 Å². The quantitative estimate of drug-likeness (QED) is 0.846. The second kappa shape index (κ2) is 5.13. The SMILES string of the molecule is CC1CC(Nc2ccccc2C(C)C)CS1. The number of nitrogens with one attached hydrogen (secondary N) is 1. The molecule has 2 heteroatoms. The van der Waals surface area contributed by atoms with Gasteiger partial charge in [0.15, 0.2) is 0 Å². The minimum Gasteiger partial charge on any atom is -0.381 e. The highest BCUT2D eigenvalue weighted by atomic mass is 32.2. The van der Waals surface area contributed by atoms with E-state index in [1.165, 1.54) is 23.4 Å². The van der Waals surface area contributed by atoms with Crippen LogP contribution in [0.2, 0.25) is 0 Å². The normalized spacial score (nSPS) is 25.0. The standard InChI is InChI=1S/C14H21NS/c1-10(2)13-6-4-5-7-14(13)15-12-8-11(3)16-9-12/h4-7,10-12,15H,8-9H2,1-3H3. The first-order valence-electron chi connectivity index (χ1n) is 6.14. The largest absolute Gasteiger partial charge is 0.381 e. The summed E-state index contributed by atoms with van der Waals surface area (Å²) >= 11 is 2.08. The van der Waals surface area contributed by atoms with E-state index in [1.807, 2.05) is 0 Å². The fourth-order valence-corrected chi connectivity index (χ4v) is 3.42. The molecular weight excluding hydrogens is 214 g/mol. The third-order valence-corrected chi connectivity index (χ3v) is 4.50. The van der Waals surface area contributed by atoms with Gasteiger partial charge in [0.25, 0.3) is 0 Å². The average molecular weight is 235 g/mol. The molecule has 1 N–H and O–H groups in total. The first kappa shape index (κ1) is 11.8. The molecule has 1 saturated heterocycles. The number of hydrogen-bond donors (Lipinski definition) is 1. The predicted octanol–water partition coefficient (Wildman–Crippen LogP) is 4.12.